The van der Waals surface area contributed by atoms with Gasteiger partial charge in [0, 0.05) is 11.7 Å². The molecule has 1 saturated carbocycles. The number of rotatable bonds is 3. The summed E-state index contributed by atoms with van der Waals surface area (Å²) in [6, 6.07) is 9.16. The molecule has 23 heavy (non-hydrogen) atoms. The number of urea groups is 1. The summed E-state index contributed by atoms with van der Waals surface area (Å²) in [5, 5.41) is 8.72. The lowest BCUT2D eigenvalue weighted by molar-refractivity contribution is -0.118. The second kappa shape index (κ2) is 6.86. The molecule has 3 rings (SSSR count). The SMILES string of the molecule is CC1=C(C(=O)NC2CCCCC2)C(c2ccccc2)NC(=O)N1. The van der Waals surface area contributed by atoms with E-state index in [4.69, 9.17) is 0 Å². The van der Waals surface area contributed by atoms with Gasteiger partial charge in [0.2, 0.25) is 0 Å². The van der Waals surface area contributed by atoms with E-state index >= 15 is 0 Å². The Morgan fingerprint density at radius 2 is 1.83 bits per heavy atom. The largest absolute Gasteiger partial charge is 0.349 e. The standard InChI is InChI=1S/C18H23N3O2/c1-12-15(17(22)20-14-10-6-3-7-11-14)16(21-18(23)19-12)13-8-4-2-5-9-13/h2,4-5,8-9,14,16H,3,6-7,10-11H2,1H3,(H,20,22)(H2,19,21,23). The molecule has 5 heteroatoms. The third kappa shape index (κ3) is 3.55. The van der Waals surface area contributed by atoms with Crippen LogP contribution in [0.3, 0.4) is 0 Å². The summed E-state index contributed by atoms with van der Waals surface area (Å²) in [6.07, 6.45) is 5.65. The lowest BCUT2D eigenvalue weighted by Crippen LogP contribution is -2.48. The van der Waals surface area contributed by atoms with Crippen LogP contribution in [-0.4, -0.2) is 18.0 Å². The molecule has 3 amide bonds. The van der Waals surface area contributed by atoms with Crippen LogP contribution in [0.5, 0.6) is 0 Å². The van der Waals surface area contributed by atoms with Crippen molar-refractivity contribution in [1.29, 1.82) is 0 Å². The van der Waals surface area contributed by atoms with Crippen molar-refractivity contribution in [1.82, 2.24) is 16.0 Å². The molecule has 1 atom stereocenters. The second-order valence-corrected chi connectivity index (χ2v) is 6.29. The van der Waals surface area contributed by atoms with Crippen LogP contribution in [-0.2, 0) is 4.79 Å². The van der Waals surface area contributed by atoms with Crippen molar-refractivity contribution in [3.63, 3.8) is 0 Å². The Kier molecular flexibility index (Phi) is 4.65. The molecule has 1 aliphatic carbocycles. The van der Waals surface area contributed by atoms with Gasteiger partial charge in [-0.15, -0.1) is 0 Å². The summed E-state index contributed by atoms with van der Waals surface area (Å²) in [7, 11) is 0. The van der Waals surface area contributed by atoms with Gasteiger partial charge in [-0.25, -0.2) is 4.79 Å². The molecule has 5 nitrogen and oxygen atoms in total. The third-order valence-corrected chi connectivity index (χ3v) is 4.59. The maximum Gasteiger partial charge on any atom is 0.319 e. The highest BCUT2D eigenvalue weighted by molar-refractivity contribution is 5.98. The number of hydrogen-bond acceptors (Lipinski definition) is 2. The fraction of sp³-hybridized carbons (Fsp3) is 0.444. The summed E-state index contributed by atoms with van der Waals surface area (Å²) in [5.41, 5.74) is 2.13. The quantitative estimate of drug-likeness (QED) is 0.803. The zero-order valence-corrected chi connectivity index (χ0v) is 13.4. The van der Waals surface area contributed by atoms with E-state index in [0.717, 1.165) is 18.4 Å². The average molecular weight is 313 g/mol. The molecular formula is C18H23N3O2. The number of carbonyl (C=O) groups is 2. The minimum absolute atomic E-state index is 0.0873. The van der Waals surface area contributed by atoms with Gasteiger partial charge in [-0.3, -0.25) is 4.79 Å². The summed E-state index contributed by atoms with van der Waals surface area (Å²) >= 11 is 0. The van der Waals surface area contributed by atoms with E-state index < -0.39 is 6.04 Å². The van der Waals surface area contributed by atoms with Crippen LogP contribution in [0.4, 0.5) is 4.79 Å². The normalized spacial score (nSPS) is 22.3. The average Bonchev–Trinajstić information content (AvgIpc) is 2.55. The molecule has 1 unspecified atom stereocenters. The van der Waals surface area contributed by atoms with Gasteiger partial charge in [0.25, 0.3) is 5.91 Å². The molecule has 3 N–H and O–H groups in total. The zero-order valence-electron chi connectivity index (χ0n) is 13.4. The molecule has 0 saturated heterocycles. The van der Waals surface area contributed by atoms with Crippen LogP contribution in [0, 0.1) is 0 Å². The van der Waals surface area contributed by atoms with Gasteiger partial charge < -0.3 is 16.0 Å². The van der Waals surface area contributed by atoms with E-state index in [9.17, 15) is 9.59 Å². The van der Waals surface area contributed by atoms with E-state index in [1.54, 1.807) is 6.92 Å². The van der Waals surface area contributed by atoms with Crippen LogP contribution >= 0.6 is 0 Å². The van der Waals surface area contributed by atoms with E-state index in [2.05, 4.69) is 16.0 Å². The van der Waals surface area contributed by atoms with Crippen molar-refractivity contribution in [2.75, 3.05) is 0 Å². The van der Waals surface area contributed by atoms with Crippen LogP contribution in [0.25, 0.3) is 0 Å². The monoisotopic (exact) mass is 313 g/mol. The van der Waals surface area contributed by atoms with Gasteiger partial charge in [0.05, 0.1) is 11.6 Å². The number of amides is 3. The molecule has 0 spiro atoms. The molecular weight excluding hydrogens is 290 g/mol. The smallest absolute Gasteiger partial charge is 0.319 e. The van der Waals surface area contributed by atoms with Gasteiger partial charge in [0.1, 0.15) is 0 Å². The Morgan fingerprint density at radius 1 is 1.13 bits per heavy atom. The highest BCUT2D eigenvalue weighted by Crippen LogP contribution is 2.27. The lowest BCUT2D eigenvalue weighted by atomic mass is 9.92. The molecule has 1 aromatic rings. The maximum atomic E-state index is 12.8. The lowest BCUT2D eigenvalue weighted by Gasteiger charge is -2.30. The number of hydrogen-bond donors (Lipinski definition) is 3. The molecule has 2 aliphatic rings. The summed E-state index contributed by atoms with van der Waals surface area (Å²) in [6.45, 7) is 1.78. The van der Waals surface area contributed by atoms with Crippen molar-refractivity contribution in [3.05, 3.63) is 47.2 Å². The highest BCUT2D eigenvalue weighted by Gasteiger charge is 2.32. The van der Waals surface area contributed by atoms with Crippen LogP contribution in [0.1, 0.15) is 50.6 Å². The van der Waals surface area contributed by atoms with Crippen molar-refractivity contribution < 1.29 is 9.59 Å². The number of carbonyl (C=O) groups excluding carboxylic acids is 2. The maximum absolute atomic E-state index is 12.8. The van der Waals surface area contributed by atoms with Gasteiger partial charge >= 0.3 is 6.03 Å². The zero-order chi connectivity index (χ0) is 16.2. The van der Waals surface area contributed by atoms with Crippen LogP contribution in [0.2, 0.25) is 0 Å². The first-order valence-electron chi connectivity index (χ1n) is 8.29. The van der Waals surface area contributed by atoms with Crippen molar-refractivity contribution in [2.24, 2.45) is 0 Å². The molecule has 0 radical (unpaired) electrons. The Bertz CT molecular complexity index is 618. The first-order chi connectivity index (χ1) is 11.1. The second-order valence-electron chi connectivity index (χ2n) is 6.29. The minimum atomic E-state index is -0.409. The number of nitrogens with one attached hydrogen (secondary N) is 3. The number of benzene rings is 1. The molecule has 0 aromatic heterocycles. The summed E-state index contributed by atoms with van der Waals surface area (Å²) in [5.74, 6) is -0.0873. The minimum Gasteiger partial charge on any atom is -0.349 e. The van der Waals surface area contributed by atoms with E-state index in [1.165, 1.54) is 19.3 Å². The predicted molar refractivity (Wildman–Crippen MR) is 88.6 cm³/mol. The fourth-order valence-electron chi connectivity index (χ4n) is 3.40. The van der Waals surface area contributed by atoms with Crippen molar-refractivity contribution in [2.45, 2.75) is 51.1 Å². The van der Waals surface area contributed by atoms with Crippen molar-refractivity contribution >= 4 is 11.9 Å². The van der Waals surface area contributed by atoms with Gasteiger partial charge in [-0.05, 0) is 25.3 Å². The van der Waals surface area contributed by atoms with E-state index in [0.29, 0.717) is 11.3 Å². The Balaban J connectivity index is 1.84. The van der Waals surface area contributed by atoms with E-state index in [-0.39, 0.29) is 18.0 Å². The first kappa shape index (κ1) is 15.6. The fourth-order valence-corrected chi connectivity index (χ4v) is 3.40. The first-order valence-corrected chi connectivity index (χ1v) is 8.29. The van der Waals surface area contributed by atoms with E-state index in [1.807, 2.05) is 30.3 Å². The molecule has 1 aliphatic heterocycles. The number of allylic oxidation sites excluding steroid dienone is 1. The van der Waals surface area contributed by atoms with Gasteiger partial charge in [0.15, 0.2) is 0 Å². The highest BCUT2D eigenvalue weighted by atomic mass is 16.2. The Morgan fingerprint density at radius 3 is 2.52 bits per heavy atom. The molecule has 1 heterocycles. The third-order valence-electron chi connectivity index (χ3n) is 4.59. The van der Waals surface area contributed by atoms with Crippen molar-refractivity contribution in [3.8, 4) is 0 Å². The molecule has 1 fully saturated rings. The summed E-state index contributed by atoms with van der Waals surface area (Å²) < 4.78 is 0. The molecule has 0 bridgehead atoms. The van der Waals surface area contributed by atoms with Gasteiger partial charge in [-0.2, -0.15) is 0 Å². The van der Waals surface area contributed by atoms with Crippen LogP contribution < -0.4 is 16.0 Å². The predicted octanol–water partition coefficient (Wildman–Crippen LogP) is 2.76. The van der Waals surface area contributed by atoms with Crippen LogP contribution in [0.15, 0.2) is 41.6 Å². The topological polar surface area (TPSA) is 70.2 Å². The molecule has 1 aromatic carbocycles. The molecule has 122 valence electrons. The Hall–Kier alpha value is -2.30. The van der Waals surface area contributed by atoms with Gasteiger partial charge in [-0.1, -0.05) is 49.6 Å². The summed E-state index contributed by atoms with van der Waals surface area (Å²) in [4.78, 5) is 24.6. The Labute approximate surface area is 136 Å².